The average molecular weight is 524 g/mol. The Morgan fingerprint density at radius 1 is 1.16 bits per heavy atom. The number of ether oxygens (including phenoxy) is 1. The largest absolute Gasteiger partial charge is 0.395 e. The van der Waals surface area contributed by atoms with Crippen LogP contribution in [0.4, 0.5) is 17.6 Å². The van der Waals surface area contributed by atoms with Crippen LogP contribution in [0.3, 0.4) is 0 Å². The molecule has 4 aromatic rings. The van der Waals surface area contributed by atoms with Crippen molar-refractivity contribution in [2.75, 3.05) is 55.0 Å². The number of aliphatic hydroxyl groups is 1. The molecule has 1 saturated heterocycles. The Morgan fingerprint density at radius 2 is 1.95 bits per heavy atom. The lowest BCUT2D eigenvalue weighted by Crippen LogP contribution is -2.36. The monoisotopic (exact) mass is 523 g/mol. The lowest BCUT2D eigenvalue weighted by atomic mass is 10.2. The quantitative estimate of drug-likeness (QED) is 0.191. The number of fused-ring (bicyclic) bond motifs is 1. The minimum atomic E-state index is -0.703. The van der Waals surface area contributed by atoms with Gasteiger partial charge in [0.25, 0.3) is 5.91 Å². The van der Waals surface area contributed by atoms with E-state index >= 15 is 0 Å². The SMILES string of the molecule is Nc1ccc(-c2nc(N3CCOCC3)c3sc(CN(CCO)c4ncc(C(=O)NO)cn4)cc3n2)cn1. The van der Waals surface area contributed by atoms with Gasteiger partial charge in [0.1, 0.15) is 5.82 Å². The molecule has 13 nitrogen and oxygen atoms in total. The molecule has 0 saturated carbocycles. The smallest absolute Gasteiger partial charge is 0.277 e. The highest BCUT2D eigenvalue weighted by Gasteiger charge is 2.21. The second kappa shape index (κ2) is 11.0. The first-order valence-corrected chi connectivity index (χ1v) is 12.3. The fourth-order valence-corrected chi connectivity index (χ4v) is 5.05. The summed E-state index contributed by atoms with van der Waals surface area (Å²) in [6.45, 7) is 3.26. The zero-order valence-corrected chi connectivity index (χ0v) is 20.6. The number of rotatable bonds is 8. The second-order valence-corrected chi connectivity index (χ2v) is 9.36. The molecule has 37 heavy (non-hydrogen) atoms. The molecule has 4 aromatic heterocycles. The highest BCUT2D eigenvalue weighted by Crippen LogP contribution is 2.35. The third kappa shape index (κ3) is 5.41. The van der Waals surface area contributed by atoms with E-state index in [0.717, 1.165) is 39.6 Å². The topological polar surface area (TPSA) is 176 Å². The van der Waals surface area contributed by atoms with Crippen LogP contribution in [-0.4, -0.2) is 80.6 Å². The molecule has 1 aliphatic heterocycles. The number of nitrogens with two attached hydrogens (primary N) is 1. The number of aromatic nitrogens is 5. The predicted molar refractivity (Wildman–Crippen MR) is 138 cm³/mol. The summed E-state index contributed by atoms with van der Waals surface area (Å²) in [4.78, 5) is 38.9. The summed E-state index contributed by atoms with van der Waals surface area (Å²) in [6.07, 6.45) is 4.30. The number of hydrogen-bond donors (Lipinski definition) is 4. The molecule has 0 spiro atoms. The molecule has 14 heteroatoms. The molecule has 5 rings (SSSR count). The number of nitrogens with one attached hydrogen (secondary N) is 1. The summed E-state index contributed by atoms with van der Waals surface area (Å²) in [5.41, 5.74) is 8.99. The molecule has 192 valence electrons. The zero-order valence-electron chi connectivity index (χ0n) is 19.7. The zero-order chi connectivity index (χ0) is 25.8. The first kappa shape index (κ1) is 24.7. The normalized spacial score (nSPS) is 13.6. The van der Waals surface area contributed by atoms with Crippen LogP contribution >= 0.6 is 11.3 Å². The third-order valence-corrected chi connectivity index (χ3v) is 6.87. The summed E-state index contributed by atoms with van der Waals surface area (Å²) in [7, 11) is 0. The minimum Gasteiger partial charge on any atom is -0.395 e. The maximum absolute atomic E-state index is 11.6. The Bertz CT molecular complexity index is 1380. The molecule has 0 aliphatic carbocycles. The van der Waals surface area contributed by atoms with E-state index in [1.54, 1.807) is 34.0 Å². The van der Waals surface area contributed by atoms with Crippen LogP contribution in [0.5, 0.6) is 0 Å². The molecule has 0 radical (unpaired) electrons. The first-order valence-electron chi connectivity index (χ1n) is 11.5. The van der Waals surface area contributed by atoms with E-state index in [1.165, 1.54) is 12.4 Å². The molecule has 5 heterocycles. The van der Waals surface area contributed by atoms with Crippen molar-refractivity contribution in [3.8, 4) is 11.4 Å². The minimum absolute atomic E-state index is 0.111. The van der Waals surface area contributed by atoms with E-state index in [2.05, 4.69) is 19.9 Å². The third-order valence-electron chi connectivity index (χ3n) is 5.76. The van der Waals surface area contributed by atoms with Crippen LogP contribution in [0.2, 0.25) is 0 Å². The summed E-state index contributed by atoms with van der Waals surface area (Å²) in [5.74, 6) is 1.45. The van der Waals surface area contributed by atoms with Crippen molar-refractivity contribution in [2.24, 2.45) is 0 Å². The maximum atomic E-state index is 11.6. The molecular formula is C23H25N9O4S. The molecule has 0 bridgehead atoms. The van der Waals surface area contributed by atoms with Crippen LogP contribution in [0, 0.1) is 0 Å². The van der Waals surface area contributed by atoms with E-state index in [1.807, 2.05) is 12.1 Å². The molecule has 0 atom stereocenters. The fourth-order valence-electron chi connectivity index (χ4n) is 3.92. The van der Waals surface area contributed by atoms with Gasteiger partial charge in [-0.2, -0.15) is 0 Å². The van der Waals surface area contributed by atoms with Gasteiger partial charge in [-0.15, -0.1) is 11.3 Å². The number of carbonyl (C=O) groups excluding carboxylic acids is 1. The molecule has 0 unspecified atom stereocenters. The van der Waals surface area contributed by atoms with E-state index < -0.39 is 5.91 Å². The van der Waals surface area contributed by atoms with Crippen LogP contribution in [0.1, 0.15) is 15.2 Å². The van der Waals surface area contributed by atoms with Gasteiger partial charge in [-0.05, 0) is 18.2 Å². The molecule has 1 amide bonds. The van der Waals surface area contributed by atoms with Crippen LogP contribution in [0.15, 0.2) is 36.8 Å². The number of thiophene rings is 1. The van der Waals surface area contributed by atoms with Gasteiger partial charge in [-0.3, -0.25) is 10.0 Å². The van der Waals surface area contributed by atoms with Gasteiger partial charge < -0.3 is 25.4 Å². The lowest BCUT2D eigenvalue weighted by Gasteiger charge is -2.28. The van der Waals surface area contributed by atoms with Gasteiger partial charge in [0.2, 0.25) is 5.95 Å². The number of carbonyl (C=O) groups is 1. The van der Waals surface area contributed by atoms with E-state index in [9.17, 15) is 9.90 Å². The maximum Gasteiger partial charge on any atom is 0.277 e. The Balaban J connectivity index is 1.50. The van der Waals surface area contributed by atoms with Gasteiger partial charge in [0.05, 0.1) is 42.1 Å². The Hall–Kier alpha value is -3.98. The number of amides is 1. The highest BCUT2D eigenvalue weighted by molar-refractivity contribution is 7.19. The highest BCUT2D eigenvalue weighted by atomic mass is 32.1. The second-order valence-electron chi connectivity index (χ2n) is 8.23. The van der Waals surface area contributed by atoms with Crippen LogP contribution < -0.4 is 21.0 Å². The lowest BCUT2D eigenvalue weighted by molar-refractivity contribution is 0.0705. The van der Waals surface area contributed by atoms with Crippen molar-refractivity contribution in [1.82, 2.24) is 30.4 Å². The fraction of sp³-hybridized carbons (Fsp3) is 0.304. The van der Waals surface area contributed by atoms with Crippen molar-refractivity contribution in [2.45, 2.75) is 6.54 Å². The van der Waals surface area contributed by atoms with Gasteiger partial charge >= 0.3 is 0 Å². The van der Waals surface area contributed by atoms with Gasteiger partial charge in [-0.1, -0.05) is 0 Å². The summed E-state index contributed by atoms with van der Waals surface area (Å²) in [5, 5.41) is 18.5. The van der Waals surface area contributed by atoms with E-state index in [0.29, 0.717) is 37.3 Å². The summed E-state index contributed by atoms with van der Waals surface area (Å²) >= 11 is 1.57. The number of anilines is 3. The van der Waals surface area contributed by atoms with Crippen LogP contribution in [0.25, 0.3) is 21.6 Å². The number of nitrogens with zero attached hydrogens (tertiary/aromatic N) is 7. The van der Waals surface area contributed by atoms with Crippen molar-refractivity contribution in [3.63, 3.8) is 0 Å². The number of hydrogen-bond acceptors (Lipinski definition) is 13. The summed E-state index contributed by atoms with van der Waals surface area (Å²) in [6, 6.07) is 5.57. The van der Waals surface area contributed by atoms with Crippen LogP contribution in [-0.2, 0) is 11.3 Å². The summed E-state index contributed by atoms with van der Waals surface area (Å²) < 4.78 is 6.48. The van der Waals surface area contributed by atoms with Gasteiger partial charge in [-0.25, -0.2) is 30.4 Å². The van der Waals surface area contributed by atoms with Crippen molar-refractivity contribution in [1.29, 1.82) is 0 Å². The Labute approximate surface area is 215 Å². The van der Waals surface area contributed by atoms with Crippen molar-refractivity contribution < 1.29 is 19.8 Å². The predicted octanol–water partition coefficient (Wildman–Crippen LogP) is 1.08. The average Bonchev–Trinajstić information content (AvgIpc) is 3.35. The molecule has 0 aromatic carbocycles. The number of pyridine rings is 1. The van der Waals surface area contributed by atoms with Crippen molar-refractivity contribution in [3.05, 3.63) is 47.2 Å². The van der Waals surface area contributed by atoms with Gasteiger partial charge in [0.15, 0.2) is 11.6 Å². The molecule has 5 N–H and O–H groups in total. The number of aliphatic hydroxyl groups excluding tert-OH is 1. The number of hydroxylamine groups is 1. The van der Waals surface area contributed by atoms with Gasteiger partial charge in [0, 0.05) is 48.7 Å². The number of nitrogen functional groups attached to an aromatic ring is 1. The standard InChI is InChI=1S/C23H25N9O4S/c24-18-2-1-14(10-25-18)20-28-17-9-16(37-19(17)21(29-20)31-4-7-36-8-5-31)13-32(3-6-33)23-26-11-15(12-27-23)22(34)30-35/h1-2,9-12,33,35H,3-8,13H2,(H2,24,25)(H,30,34). The molecule has 1 fully saturated rings. The Morgan fingerprint density at radius 3 is 2.62 bits per heavy atom. The Kier molecular flexibility index (Phi) is 7.32. The first-order chi connectivity index (χ1) is 18.1. The van der Waals surface area contributed by atoms with E-state index in [4.69, 9.17) is 25.6 Å². The number of morpholine rings is 1. The van der Waals surface area contributed by atoms with Crippen molar-refractivity contribution >= 4 is 45.0 Å². The van der Waals surface area contributed by atoms with E-state index in [-0.39, 0.29) is 18.7 Å². The molecular weight excluding hydrogens is 498 g/mol. The molecule has 1 aliphatic rings.